The minimum absolute atomic E-state index is 0.0794. The van der Waals surface area contributed by atoms with Gasteiger partial charge in [-0.15, -0.1) is 0 Å². The lowest BCUT2D eigenvalue weighted by Gasteiger charge is -2.21. The predicted octanol–water partition coefficient (Wildman–Crippen LogP) is 4.73. The van der Waals surface area contributed by atoms with Crippen LogP contribution in [0.5, 0.6) is 5.75 Å². The summed E-state index contributed by atoms with van der Waals surface area (Å²) in [6.07, 6.45) is 0. The molecule has 0 aliphatic heterocycles. The molecule has 0 fully saturated rings. The highest BCUT2D eigenvalue weighted by atomic mass is 16.5. The summed E-state index contributed by atoms with van der Waals surface area (Å²) >= 11 is 0. The Morgan fingerprint density at radius 1 is 0.857 bits per heavy atom. The van der Waals surface area contributed by atoms with Gasteiger partial charge in [-0.05, 0) is 42.3 Å². The first-order valence-electron chi connectivity index (χ1n) is 9.57. The highest BCUT2D eigenvalue weighted by Gasteiger charge is 2.11. The van der Waals surface area contributed by atoms with E-state index in [0.717, 1.165) is 22.6 Å². The molecule has 0 atom stereocenters. The number of carbonyl (C=O) groups is 1. The van der Waals surface area contributed by atoms with Gasteiger partial charge in [-0.25, -0.2) is 0 Å². The predicted molar refractivity (Wildman–Crippen MR) is 113 cm³/mol. The first-order valence-corrected chi connectivity index (χ1v) is 9.57. The zero-order valence-corrected chi connectivity index (χ0v) is 16.2. The fourth-order valence-corrected chi connectivity index (χ4v) is 2.88. The van der Waals surface area contributed by atoms with Gasteiger partial charge in [0.1, 0.15) is 12.4 Å². The third-order valence-electron chi connectivity index (χ3n) is 4.50. The summed E-state index contributed by atoms with van der Waals surface area (Å²) in [5.74, 6) is 0.885. The van der Waals surface area contributed by atoms with Crippen molar-refractivity contribution in [1.82, 2.24) is 4.90 Å². The van der Waals surface area contributed by atoms with Gasteiger partial charge in [0.05, 0.1) is 6.54 Å². The van der Waals surface area contributed by atoms with Crippen LogP contribution < -0.4 is 10.1 Å². The number of likely N-dealkylation sites (N-methyl/N-ethyl adjacent to an activating group) is 1. The number of amides is 1. The van der Waals surface area contributed by atoms with Crippen molar-refractivity contribution in [3.8, 4) is 5.75 Å². The molecule has 3 aromatic rings. The van der Waals surface area contributed by atoms with Gasteiger partial charge in [-0.2, -0.15) is 0 Å². The molecule has 0 heterocycles. The van der Waals surface area contributed by atoms with Crippen molar-refractivity contribution in [1.29, 1.82) is 0 Å². The third-order valence-corrected chi connectivity index (χ3v) is 4.50. The average molecular weight is 374 g/mol. The lowest BCUT2D eigenvalue weighted by Crippen LogP contribution is -2.34. The van der Waals surface area contributed by atoms with E-state index in [1.54, 1.807) is 0 Å². The summed E-state index contributed by atoms with van der Waals surface area (Å²) < 4.78 is 5.79. The Kier molecular flexibility index (Phi) is 7.08. The van der Waals surface area contributed by atoms with E-state index in [-0.39, 0.29) is 12.5 Å². The minimum atomic E-state index is 0.0794. The molecule has 0 radical (unpaired) electrons. The van der Waals surface area contributed by atoms with Crippen molar-refractivity contribution >= 4 is 11.6 Å². The van der Waals surface area contributed by atoms with Gasteiger partial charge >= 0.3 is 0 Å². The average Bonchev–Trinajstić information content (AvgIpc) is 2.76. The number of ether oxygens (including phenoxy) is 1. The van der Waals surface area contributed by atoms with Crippen LogP contribution in [-0.4, -0.2) is 23.9 Å². The summed E-state index contributed by atoms with van der Waals surface area (Å²) in [5, 5.41) is 3.20. The van der Waals surface area contributed by atoms with Crippen molar-refractivity contribution in [3.05, 3.63) is 96.1 Å². The second-order valence-electron chi connectivity index (χ2n) is 6.55. The minimum Gasteiger partial charge on any atom is -0.489 e. The van der Waals surface area contributed by atoms with E-state index in [4.69, 9.17) is 4.74 Å². The SMILES string of the molecule is CCN(Cc1ccccc1)C(=O)CNc1ccc(OCc2ccccc2)cc1. The van der Waals surface area contributed by atoms with E-state index >= 15 is 0 Å². The third kappa shape index (κ3) is 5.88. The van der Waals surface area contributed by atoms with Crippen molar-refractivity contribution in [2.75, 3.05) is 18.4 Å². The standard InChI is InChI=1S/C24H26N2O2/c1-2-26(18-20-9-5-3-6-10-20)24(27)17-25-22-13-15-23(16-14-22)28-19-21-11-7-4-8-12-21/h3-16,25H,2,17-19H2,1H3. The van der Waals surface area contributed by atoms with Gasteiger partial charge in [0, 0.05) is 18.8 Å². The molecule has 4 heteroatoms. The molecule has 0 spiro atoms. The highest BCUT2D eigenvalue weighted by Crippen LogP contribution is 2.17. The lowest BCUT2D eigenvalue weighted by atomic mass is 10.2. The first kappa shape index (κ1) is 19.5. The molecular weight excluding hydrogens is 348 g/mol. The van der Waals surface area contributed by atoms with Crippen molar-refractivity contribution in [3.63, 3.8) is 0 Å². The molecule has 0 aromatic heterocycles. The Morgan fingerprint density at radius 3 is 2.07 bits per heavy atom. The van der Waals surface area contributed by atoms with E-state index < -0.39 is 0 Å². The summed E-state index contributed by atoms with van der Waals surface area (Å²) in [5.41, 5.74) is 3.17. The van der Waals surface area contributed by atoms with Crippen LogP contribution in [0.25, 0.3) is 0 Å². The normalized spacial score (nSPS) is 10.3. The van der Waals surface area contributed by atoms with Crippen LogP contribution in [-0.2, 0) is 17.9 Å². The van der Waals surface area contributed by atoms with Gasteiger partial charge in [-0.3, -0.25) is 4.79 Å². The second-order valence-corrected chi connectivity index (χ2v) is 6.55. The number of carbonyl (C=O) groups excluding carboxylic acids is 1. The van der Waals surface area contributed by atoms with Crippen molar-refractivity contribution < 1.29 is 9.53 Å². The van der Waals surface area contributed by atoms with Gasteiger partial charge in [0.2, 0.25) is 5.91 Å². The fraction of sp³-hybridized carbons (Fsp3) is 0.208. The molecule has 0 aliphatic carbocycles. The van der Waals surface area contributed by atoms with Crippen LogP contribution in [0, 0.1) is 0 Å². The van der Waals surface area contributed by atoms with E-state index in [0.29, 0.717) is 19.7 Å². The molecule has 0 saturated carbocycles. The molecule has 0 unspecified atom stereocenters. The summed E-state index contributed by atoms with van der Waals surface area (Å²) in [4.78, 5) is 14.4. The molecule has 1 N–H and O–H groups in total. The Hall–Kier alpha value is -3.27. The van der Waals surface area contributed by atoms with E-state index in [1.165, 1.54) is 0 Å². The molecule has 0 aliphatic rings. The highest BCUT2D eigenvalue weighted by molar-refractivity contribution is 5.80. The lowest BCUT2D eigenvalue weighted by molar-refractivity contribution is -0.129. The van der Waals surface area contributed by atoms with Crippen LogP contribution in [0.1, 0.15) is 18.1 Å². The zero-order valence-electron chi connectivity index (χ0n) is 16.2. The van der Waals surface area contributed by atoms with Crippen LogP contribution in [0.15, 0.2) is 84.9 Å². The maximum atomic E-state index is 12.5. The van der Waals surface area contributed by atoms with Gasteiger partial charge in [0.15, 0.2) is 0 Å². The number of nitrogens with one attached hydrogen (secondary N) is 1. The maximum Gasteiger partial charge on any atom is 0.242 e. The van der Waals surface area contributed by atoms with Crippen LogP contribution in [0.4, 0.5) is 5.69 Å². The number of hydrogen-bond donors (Lipinski definition) is 1. The Balaban J connectivity index is 1.47. The second kappa shape index (κ2) is 10.2. The van der Waals surface area contributed by atoms with Crippen molar-refractivity contribution in [2.45, 2.75) is 20.1 Å². The first-order chi connectivity index (χ1) is 13.7. The number of hydrogen-bond acceptors (Lipinski definition) is 3. The molecule has 28 heavy (non-hydrogen) atoms. The summed E-state index contributed by atoms with van der Waals surface area (Å²) in [7, 11) is 0. The summed E-state index contributed by atoms with van der Waals surface area (Å²) in [6, 6.07) is 27.8. The van der Waals surface area contributed by atoms with Crippen LogP contribution >= 0.6 is 0 Å². The van der Waals surface area contributed by atoms with Crippen LogP contribution in [0.2, 0.25) is 0 Å². The Bertz CT molecular complexity index is 849. The largest absolute Gasteiger partial charge is 0.489 e. The molecule has 144 valence electrons. The fourth-order valence-electron chi connectivity index (χ4n) is 2.88. The monoisotopic (exact) mass is 374 g/mol. The maximum absolute atomic E-state index is 12.5. The molecule has 0 bridgehead atoms. The molecule has 4 nitrogen and oxygen atoms in total. The smallest absolute Gasteiger partial charge is 0.242 e. The molecular formula is C24H26N2O2. The topological polar surface area (TPSA) is 41.6 Å². The number of anilines is 1. The molecule has 0 saturated heterocycles. The number of nitrogens with zero attached hydrogens (tertiary/aromatic N) is 1. The number of rotatable bonds is 9. The zero-order chi connectivity index (χ0) is 19.6. The van der Waals surface area contributed by atoms with Gasteiger partial charge < -0.3 is 15.0 Å². The van der Waals surface area contributed by atoms with E-state index in [2.05, 4.69) is 5.32 Å². The van der Waals surface area contributed by atoms with E-state index in [1.807, 2.05) is 96.8 Å². The van der Waals surface area contributed by atoms with Crippen LogP contribution in [0.3, 0.4) is 0 Å². The number of benzene rings is 3. The molecule has 3 aromatic carbocycles. The van der Waals surface area contributed by atoms with Gasteiger partial charge in [0.25, 0.3) is 0 Å². The van der Waals surface area contributed by atoms with E-state index in [9.17, 15) is 4.79 Å². The molecule has 3 rings (SSSR count). The Morgan fingerprint density at radius 2 is 1.46 bits per heavy atom. The van der Waals surface area contributed by atoms with Gasteiger partial charge in [-0.1, -0.05) is 60.7 Å². The van der Waals surface area contributed by atoms with Crippen molar-refractivity contribution in [2.24, 2.45) is 0 Å². The summed E-state index contributed by atoms with van der Waals surface area (Å²) in [6.45, 7) is 4.12. The quantitative estimate of drug-likeness (QED) is 0.589. The molecule has 1 amide bonds. The Labute approximate surface area is 166 Å².